The molecule has 0 aliphatic heterocycles. The van der Waals surface area contributed by atoms with Crippen LogP contribution in [0.15, 0.2) is 12.1 Å². The van der Waals surface area contributed by atoms with Gasteiger partial charge in [-0.1, -0.05) is 59.2 Å². The quantitative estimate of drug-likeness (QED) is 0.601. The van der Waals surface area contributed by atoms with Crippen LogP contribution in [-0.4, -0.2) is 0 Å². The molecule has 0 amide bonds. The van der Waals surface area contributed by atoms with Crippen LogP contribution in [0.25, 0.3) is 0 Å². The van der Waals surface area contributed by atoms with Gasteiger partial charge >= 0.3 is 0 Å². The second kappa shape index (κ2) is 3.80. The number of rotatable bonds is 0. The topological polar surface area (TPSA) is 19.9 Å². The highest BCUT2D eigenvalue weighted by Crippen LogP contribution is 2.39. The smallest absolute Gasteiger partial charge is 0.186 e. The van der Waals surface area contributed by atoms with Crippen LogP contribution in [0.1, 0.15) is 58.2 Å². The van der Waals surface area contributed by atoms with Crippen molar-refractivity contribution in [3.8, 4) is 5.75 Å². The minimum atomic E-state index is -0.0803. The fourth-order valence-electron chi connectivity index (χ4n) is 1.89. The Morgan fingerprint density at radius 1 is 0.812 bits per heavy atom. The van der Waals surface area contributed by atoms with Crippen LogP contribution in [0.4, 0.5) is 0 Å². The fourth-order valence-corrected chi connectivity index (χ4v) is 1.89. The Kier molecular flexibility index (Phi) is 3.11. The van der Waals surface area contributed by atoms with Crippen LogP contribution in [0.3, 0.4) is 0 Å². The van der Waals surface area contributed by atoms with Gasteiger partial charge in [-0.15, -0.1) is 0 Å². The first-order valence-corrected chi connectivity index (χ1v) is 5.86. The van der Waals surface area contributed by atoms with Gasteiger partial charge in [0.15, 0.2) is 5.75 Å². The molecule has 16 heavy (non-hydrogen) atoms. The van der Waals surface area contributed by atoms with Crippen LogP contribution < -0.4 is 0 Å². The highest BCUT2D eigenvalue weighted by Gasteiger charge is 2.26. The number of hydrogen-bond acceptors (Lipinski definition) is 0. The average Bonchev–Trinajstić information content (AvgIpc) is 2.04. The molecule has 1 aromatic carbocycles. The SMILES string of the molecule is Cc1cc(C(C)(C)C)c([O])c(C(C)(C)C)c1. The summed E-state index contributed by atoms with van der Waals surface area (Å²) in [5.41, 5.74) is 2.87. The largest absolute Gasteiger partial charge is 0.289 e. The van der Waals surface area contributed by atoms with Gasteiger partial charge in [-0.2, -0.15) is 0 Å². The Balaban J connectivity index is 3.51. The standard InChI is InChI=1S/C15H23O/c1-10-8-11(14(2,3)4)13(16)12(9-10)15(5,6)7/h8-9H,1-7H3. The van der Waals surface area contributed by atoms with Gasteiger partial charge in [0.1, 0.15) is 0 Å². The molecule has 0 N–H and O–H groups in total. The van der Waals surface area contributed by atoms with E-state index in [4.69, 9.17) is 0 Å². The van der Waals surface area contributed by atoms with Crippen LogP contribution in [0.5, 0.6) is 5.75 Å². The predicted octanol–water partition coefficient (Wildman–Crippen LogP) is 4.73. The van der Waals surface area contributed by atoms with Gasteiger partial charge in [-0.25, -0.2) is 0 Å². The van der Waals surface area contributed by atoms with Gasteiger partial charge in [0.25, 0.3) is 0 Å². The van der Waals surface area contributed by atoms with Crippen molar-refractivity contribution in [2.75, 3.05) is 0 Å². The molecule has 0 spiro atoms. The molecule has 89 valence electrons. The van der Waals surface area contributed by atoms with Gasteiger partial charge in [0.2, 0.25) is 0 Å². The maximum atomic E-state index is 12.4. The highest BCUT2D eigenvalue weighted by atomic mass is 16.3. The molecule has 1 aromatic rings. The predicted molar refractivity (Wildman–Crippen MR) is 68.7 cm³/mol. The zero-order valence-electron chi connectivity index (χ0n) is 11.6. The molecule has 1 heteroatoms. The summed E-state index contributed by atoms with van der Waals surface area (Å²) in [5, 5.41) is 12.4. The number of aryl methyl sites for hydroxylation is 1. The van der Waals surface area contributed by atoms with Crippen molar-refractivity contribution in [3.63, 3.8) is 0 Å². The van der Waals surface area contributed by atoms with Crippen molar-refractivity contribution in [2.45, 2.75) is 59.3 Å². The minimum absolute atomic E-state index is 0.0803. The Bertz CT molecular complexity index is 354. The van der Waals surface area contributed by atoms with Crippen LogP contribution in [-0.2, 0) is 15.9 Å². The Morgan fingerprint density at radius 3 is 1.38 bits per heavy atom. The maximum Gasteiger partial charge on any atom is 0.186 e. The van der Waals surface area contributed by atoms with E-state index in [0.717, 1.165) is 11.1 Å². The molecular weight excluding hydrogens is 196 g/mol. The average molecular weight is 219 g/mol. The monoisotopic (exact) mass is 219 g/mol. The lowest BCUT2D eigenvalue weighted by Gasteiger charge is -2.26. The molecule has 0 aliphatic carbocycles. The van der Waals surface area contributed by atoms with Gasteiger partial charge in [0, 0.05) is 11.1 Å². The normalized spacial score (nSPS) is 12.9. The van der Waals surface area contributed by atoms with E-state index in [1.165, 1.54) is 5.56 Å². The zero-order valence-corrected chi connectivity index (χ0v) is 11.6. The molecule has 1 radical (unpaired) electrons. The maximum absolute atomic E-state index is 12.4. The van der Waals surface area contributed by atoms with Crippen LogP contribution >= 0.6 is 0 Å². The zero-order chi connectivity index (χ0) is 12.7. The number of benzene rings is 1. The second-order valence-corrected chi connectivity index (χ2v) is 6.69. The molecule has 0 aromatic heterocycles. The van der Waals surface area contributed by atoms with E-state index in [1.54, 1.807) is 0 Å². The van der Waals surface area contributed by atoms with Crippen LogP contribution in [0, 0.1) is 6.92 Å². The molecule has 0 bridgehead atoms. The Labute approximate surface area is 99.5 Å². The van der Waals surface area contributed by atoms with Gasteiger partial charge in [-0.05, 0) is 17.8 Å². The molecule has 0 atom stereocenters. The fraction of sp³-hybridized carbons (Fsp3) is 0.600. The molecule has 0 unspecified atom stereocenters. The minimum Gasteiger partial charge on any atom is -0.289 e. The molecule has 0 aliphatic rings. The molecule has 0 fully saturated rings. The summed E-state index contributed by atoms with van der Waals surface area (Å²) in [6, 6.07) is 4.05. The van der Waals surface area contributed by atoms with Crippen LogP contribution in [0.2, 0.25) is 0 Å². The molecule has 1 nitrogen and oxygen atoms in total. The van der Waals surface area contributed by atoms with E-state index in [-0.39, 0.29) is 16.6 Å². The first-order chi connectivity index (χ1) is 7.03. The summed E-state index contributed by atoms with van der Waals surface area (Å²) in [7, 11) is 0. The summed E-state index contributed by atoms with van der Waals surface area (Å²) >= 11 is 0. The van der Waals surface area contributed by atoms with Crippen molar-refractivity contribution >= 4 is 0 Å². The third-order valence-electron chi connectivity index (χ3n) is 2.85. The van der Waals surface area contributed by atoms with E-state index >= 15 is 0 Å². The number of hydrogen-bond donors (Lipinski definition) is 0. The first-order valence-electron chi connectivity index (χ1n) is 5.86. The summed E-state index contributed by atoms with van der Waals surface area (Å²) < 4.78 is 0. The Hall–Kier alpha value is -0.980. The highest BCUT2D eigenvalue weighted by molar-refractivity contribution is 5.49. The summed E-state index contributed by atoms with van der Waals surface area (Å²) in [6.45, 7) is 14.6. The van der Waals surface area contributed by atoms with E-state index in [1.807, 2.05) is 12.1 Å². The summed E-state index contributed by atoms with van der Waals surface area (Å²) in [4.78, 5) is 0. The van der Waals surface area contributed by atoms with Gasteiger partial charge < -0.3 is 0 Å². The molecule has 0 saturated carbocycles. The molecule has 1 rings (SSSR count). The Morgan fingerprint density at radius 2 is 1.12 bits per heavy atom. The van der Waals surface area contributed by atoms with Gasteiger partial charge in [-0.3, -0.25) is 5.11 Å². The van der Waals surface area contributed by atoms with E-state index < -0.39 is 0 Å². The molecule has 0 saturated heterocycles. The lowest BCUT2D eigenvalue weighted by Crippen LogP contribution is -2.17. The van der Waals surface area contributed by atoms with Crippen molar-refractivity contribution in [3.05, 3.63) is 28.8 Å². The van der Waals surface area contributed by atoms with Gasteiger partial charge in [0.05, 0.1) is 0 Å². The van der Waals surface area contributed by atoms with Crippen molar-refractivity contribution in [1.82, 2.24) is 0 Å². The van der Waals surface area contributed by atoms with E-state index in [9.17, 15) is 5.11 Å². The third kappa shape index (κ3) is 2.58. The molecule has 0 heterocycles. The lowest BCUT2D eigenvalue weighted by molar-refractivity contribution is 0.327. The van der Waals surface area contributed by atoms with E-state index in [2.05, 4.69) is 48.5 Å². The second-order valence-electron chi connectivity index (χ2n) is 6.69. The van der Waals surface area contributed by atoms with E-state index in [0.29, 0.717) is 0 Å². The van der Waals surface area contributed by atoms with Crippen molar-refractivity contribution in [1.29, 1.82) is 0 Å². The van der Waals surface area contributed by atoms with Crippen molar-refractivity contribution in [2.24, 2.45) is 0 Å². The van der Waals surface area contributed by atoms with Crippen molar-refractivity contribution < 1.29 is 5.11 Å². The lowest BCUT2D eigenvalue weighted by atomic mass is 9.78. The first kappa shape index (κ1) is 13.1. The summed E-state index contributed by atoms with van der Waals surface area (Å²) in [6.07, 6.45) is 0. The molecular formula is C15H23O. The summed E-state index contributed by atoms with van der Waals surface area (Å²) in [5.74, 6) is 0.214. The third-order valence-corrected chi connectivity index (χ3v) is 2.85.